The van der Waals surface area contributed by atoms with E-state index >= 15 is 0 Å². The fourth-order valence-corrected chi connectivity index (χ4v) is 3.46. The van der Waals surface area contributed by atoms with Crippen molar-refractivity contribution >= 4 is 23.5 Å². The summed E-state index contributed by atoms with van der Waals surface area (Å²) in [5.74, 6) is -0.616. The molecular formula is C23H24N2O4. The first-order chi connectivity index (χ1) is 14.1. The van der Waals surface area contributed by atoms with Crippen LogP contribution in [0.25, 0.3) is 0 Å². The molecule has 1 aliphatic carbocycles. The Bertz CT molecular complexity index is 891. The van der Waals surface area contributed by atoms with Crippen LogP contribution in [0.3, 0.4) is 0 Å². The number of benzene rings is 2. The number of anilines is 1. The van der Waals surface area contributed by atoms with Crippen molar-refractivity contribution in [2.45, 2.75) is 44.2 Å². The summed E-state index contributed by atoms with van der Waals surface area (Å²) in [6.07, 6.45) is 2.49. The molecule has 150 valence electrons. The number of hydrogen-bond acceptors (Lipinski definition) is 4. The molecule has 0 radical (unpaired) electrons. The van der Waals surface area contributed by atoms with Crippen molar-refractivity contribution in [3.63, 3.8) is 0 Å². The molecule has 0 bridgehead atoms. The van der Waals surface area contributed by atoms with E-state index in [9.17, 15) is 14.4 Å². The number of carbonyl (C=O) groups excluding carboxylic acids is 3. The largest absolute Gasteiger partial charge is 0.447 e. The molecule has 1 saturated carbocycles. The number of esters is 1. The van der Waals surface area contributed by atoms with E-state index in [0.29, 0.717) is 12.0 Å². The minimum absolute atomic E-state index is 0.0638. The van der Waals surface area contributed by atoms with Crippen molar-refractivity contribution in [3.8, 4) is 0 Å². The van der Waals surface area contributed by atoms with Crippen LogP contribution in [0.2, 0.25) is 0 Å². The summed E-state index contributed by atoms with van der Waals surface area (Å²) in [6.45, 7) is 0.731. The molecule has 0 unspecified atom stereocenters. The minimum Gasteiger partial charge on any atom is -0.447 e. The van der Waals surface area contributed by atoms with E-state index in [4.69, 9.17) is 4.74 Å². The van der Waals surface area contributed by atoms with Crippen LogP contribution < -0.4 is 10.2 Å². The van der Waals surface area contributed by atoms with E-state index in [-0.39, 0.29) is 24.3 Å². The van der Waals surface area contributed by atoms with Gasteiger partial charge < -0.3 is 15.0 Å². The molecule has 6 nitrogen and oxygen atoms in total. The highest BCUT2D eigenvalue weighted by Gasteiger charge is 2.30. The van der Waals surface area contributed by atoms with E-state index in [2.05, 4.69) is 5.32 Å². The molecule has 2 amide bonds. The van der Waals surface area contributed by atoms with Gasteiger partial charge in [0.15, 0.2) is 0 Å². The number of hydrogen-bond donors (Lipinski definition) is 1. The maximum absolute atomic E-state index is 12.6. The summed E-state index contributed by atoms with van der Waals surface area (Å²) in [4.78, 5) is 38.7. The maximum Gasteiger partial charge on any atom is 0.311 e. The van der Waals surface area contributed by atoms with Crippen LogP contribution in [-0.4, -0.2) is 30.4 Å². The molecule has 2 aliphatic rings. The predicted molar refractivity (Wildman–Crippen MR) is 108 cm³/mol. The second-order valence-electron chi connectivity index (χ2n) is 7.56. The number of nitrogens with one attached hydrogen (secondary N) is 1. The third kappa shape index (κ3) is 4.83. The first-order valence-electron chi connectivity index (χ1n) is 10.0. The normalized spacial score (nSPS) is 17.1. The molecule has 0 aromatic heterocycles. The molecule has 1 N–H and O–H groups in total. The van der Waals surface area contributed by atoms with Gasteiger partial charge in [0.05, 0.1) is 6.42 Å². The van der Waals surface area contributed by atoms with E-state index in [1.165, 1.54) is 0 Å². The standard InChI is InChI=1S/C23H24N2O4/c26-20-7-4-14-25(20)19-12-8-16(9-13-19)15-21(27)29-22(17-5-2-1-3-6-17)23(28)24-18-10-11-18/h1-3,5-6,8-9,12-13,18,22H,4,7,10-11,14-15H2,(H,24,28)/t22-/m0/s1. The van der Waals surface area contributed by atoms with Gasteiger partial charge in [-0.25, -0.2) is 0 Å². The summed E-state index contributed by atoms with van der Waals surface area (Å²) in [5, 5.41) is 2.91. The van der Waals surface area contributed by atoms with Gasteiger partial charge in [0, 0.05) is 30.3 Å². The number of nitrogens with zero attached hydrogens (tertiary/aromatic N) is 1. The molecule has 2 aromatic carbocycles. The monoisotopic (exact) mass is 392 g/mol. The smallest absolute Gasteiger partial charge is 0.311 e. The van der Waals surface area contributed by atoms with Gasteiger partial charge in [-0.05, 0) is 37.0 Å². The molecule has 2 fully saturated rings. The Morgan fingerprint density at radius 2 is 1.79 bits per heavy atom. The van der Waals surface area contributed by atoms with Crippen molar-refractivity contribution in [1.82, 2.24) is 5.32 Å². The Kier molecular flexibility index (Phi) is 5.60. The summed E-state index contributed by atoms with van der Waals surface area (Å²) >= 11 is 0. The van der Waals surface area contributed by atoms with E-state index < -0.39 is 12.1 Å². The number of amides is 2. The Labute approximate surface area is 169 Å². The quantitative estimate of drug-likeness (QED) is 0.735. The molecule has 0 spiro atoms. The first-order valence-corrected chi connectivity index (χ1v) is 10.0. The lowest BCUT2D eigenvalue weighted by Gasteiger charge is -2.18. The van der Waals surface area contributed by atoms with Gasteiger partial charge in [-0.15, -0.1) is 0 Å². The zero-order valence-electron chi connectivity index (χ0n) is 16.2. The average Bonchev–Trinajstić information content (AvgIpc) is 3.44. The lowest BCUT2D eigenvalue weighted by molar-refractivity contribution is -0.156. The molecule has 1 aliphatic heterocycles. The van der Waals surface area contributed by atoms with Gasteiger partial charge >= 0.3 is 5.97 Å². The van der Waals surface area contributed by atoms with Crippen LogP contribution >= 0.6 is 0 Å². The van der Waals surface area contributed by atoms with Crippen LogP contribution in [-0.2, 0) is 25.5 Å². The fraction of sp³-hybridized carbons (Fsp3) is 0.348. The summed E-state index contributed by atoms with van der Waals surface area (Å²) < 4.78 is 5.56. The van der Waals surface area contributed by atoms with E-state index in [1.54, 1.807) is 17.0 Å². The lowest BCUT2D eigenvalue weighted by Crippen LogP contribution is -2.33. The van der Waals surface area contributed by atoms with Gasteiger partial charge in [-0.3, -0.25) is 14.4 Å². The van der Waals surface area contributed by atoms with Crippen LogP contribution in [0.4, 0.5) is 5.69 Å². The van der Waals surface area contributed by atoms with Gasteiger partial charge in [0.25, 0.3) is 5.91 Å². The molecule has 6 heteroatoms. The van der Waals surface area contributed by atoms with Crippen LogP contribution in [0.1, 0.15) is 42.9 Å². The maximum atomic E-state index is 12.6. The Morgan fingerprint density at radius 3 is 2.41 bits per heavy atom. The third-order valence-corrected chi connectivity index (χ3v) is 5.18. The van der Waals surface area contributed by atoms with Crippen molar-refractivity contribution in [3.05, 3.63) is 65.7 Å². The second-order valence-corrected chi connectivity index (χ2v) is 7.56. The fourth-order valence-electron chi connectivity index (χ4n) is 3.46. The van der Waals surface area contributed by atoms with E-state index in [0.717, 1.165) is 37.1 Å². The second kappa shape index (κ2) is 8.47. The summed E-state index contributed by atoms with van der Waals surface area (Å²) in [7, 11) is 0. The number of rotatable bonds is 7. The number of carbonyl (C=O) groups is 3. The highest BCUT2D eigenvalue weighted by molar-refractivity contribution is 5.95. The van der Waals surface area contributed by atoms with Crippen LogP contribution in [0.15, 0.2) is 54.6 Å². The molecule has 1 heterocycles. The minimum atomic E-state index is -0.953. The highest BCUT2D eigenvalue weighted by Crippen LogP contribution is 2.24. The summed E-state index contributed by atoms with van der Waals surface area (Å²) in [6, 6.07) is 16.6. The zero-order valence-corrected chi connectivity index (χ0v) is 16.2. The zero-order chi connectivity index (χ0) is 20.2. The number of ether oxygens (including phenoxy) is 1. The van der Waals surface area contributed by atoms with Gasteiger partial charge in [-0.2, -0.15) is 0 Å². The van der Waals surface area contributed by atoms with E-state index in [1.807, 2.05) is 42.5 Å². The Morgan fingerprint density at radius 1 is 1.07 bits per heavy atom. The summed E-state index contributed by atoms with van der Waals surface area (Å²) in [5.41, 5.74) is 2.28. The van der Waals surface area contributed by atoms with Crippen LogP contribution in [0.5, 0.6) is 0 Å². The molecular weight excluding hydrogens is 368 g/mol. The van der Waals surface area contributed by atoms with Crippen molar-refractivity contribution in [2.75, 3.05) is 11.4 Å². The Hall–Kier alpha value is -3.15. The SMILES string of the molecule is O=C(Cc1ccc(N2CCCC2=O)cc1)O[C@H](C(=O)NC1CC1)c1ccccc1. The molecule has 2 aromatic rings. The molecule has 1 saturated heterocycles. The third-order valence-electron chi connectivity index (χ3n) is 5.18. The topological polar surface area (TPSA) is 75.7 Å². The lowest BCUT2D eigenvalue weighted by atomic mass is 10.1. The van der Waals surface area contributed by atoms with Gasteiger partial charge in [0.2, 0.25) is 12.0 Å². The van der Waals surface area contributed by atoms with Gasteiger partial charge in [0.1, 0.15) is 0 Å². The molecule has 1 atom stereocenters. The van der Waals surface area contributed by atoms with Crippen molar-refractivity contribution in [2.24, 2.45) is 0 Å². The van der Waals surface area contributed by atoms with Crippen molar-refractivity contribution < 1.29 is 19.1 Å². The van der Waals surface area contributed by atoms with Gasteiger partial charge in [-0.1, -0.05) is 42.5 Å². The average molecular weight is 392 g/mol. The van der Waals surface area contributed by atoms with Crippen molar-refractivity contribution in [1.29, 1.82) is 0 Å². The molecule has 4 rings (SSSR count). The Balaban J connectivity index is 1.41. The molecule has 29 heavy (non-hydrogen) atoms. The first kappa shape index (κ1) is 19.2. The predicted octanol–water partition coefficient (Wildman–Crippen LogP) is 2.92. The highest BCUT2D eigenvalue weighted by atomic mass is 16.5. The van der Waals surface area contributed by atoms with Crippen LogP contribution in [0, 0.1) is 0 Å².